The van der Waals surface area contributed by atoms with Gasteiger partial charge in [0.1, 0.15) is 5.69 Å². The largest absolute Gasteiger partial charge is 0.436 e. The van der Waals surface area contributed by atoms with Gasteiger partial charge in [0, 0.05) is 38.9 Å². The fourth-order valence-corrected chi connectivity index (χ4v) is 4.04. The number of aryl methyl sites for hydroxylation is 1. The highest BCUT2D eigenvalue weighted by molar-refractivity contribution is 5.65. The van der Waals surface area contributed by atoms with Gasteiger partial charge in [0.15, 0.2) is 11.6 Å². The molecule has 1 heterocycles. The van der Waals surface area contributed by atoms with Crippen LogP contribution >= 0.6 is 0 Å². The highest BCUT2D eigenvalue weighted by Crippen LogP contribution is 2.35. The lowest BCUT2D eigenvalue weighted by atomic mass is 10.1. The molecule has 0 radical (unpaired) electrons. The monoisotopic (exact) mass is 483 g/mol. The Labute approximate surface area is 208 Å². The molecule has 0 saturated heterocycles. The summed E-state index contributed by atoms with van der Waals surface area (Å²) < 4.78 is 27.8. The van der Waals surface area contributed by atoms with Crippen molar-refractivity contribution in [3.8, 4) is 22.9 Å². The molecule has 0 bridgehead atoms. The van der Waals surface area contributed by atoms with E-state index in [4.69, 9.17) is 14.6 Å². The fraction of sp³-hybridized carbons (Fsp3) is 0.464. The summed E-state index contributed by atoms with van der Waals surface area (Å²) in [5.41, 5.74) is 2.58. The number of halogens is 1. The maximum absolute atomic E-state index is 14.4. The topological polar surface area (TPSA) is 59.8 Å². The Bertz CT molecular complexity index is 1040. The fourth-order valence-electron chi connectivity index (χ4n) is 4.04. The van der Waals surface area contributed by atoms with Gasteiger partial charge in [-0.2, -0.15) is 5.10 Å². The molecule has 0 amide bonds. The zero-order valence-electron chi connectivity index (χ0n) is 21.3. The smallest absolute Gasteiger partial charge is 0.222 e. The van der Waals surface area contributed by atoms with Crippen LogP contribution < -0.4 is 4.74 Å². The summed E-state index contributed by atoms with van der Waals surface area (Å²) in [6.07, 6.45) is 1.43. The molecular formula is C28H38FN3O3. The second-order valence-corrected chi connectivity index (χ2v) is 9.32. The number of rotatable bonds is 14. The van der Waals surface area contributed by atoms with Gasteiger partial charge in [0.25, 0.3) is 0 Å². The molecule has 1 aromatic heterocycles. The predicted octanol–water partition coefficient (Wildman–Crippen LogP) is 5.65. The minimum atomic E-state index is -0.613. The average Bonchev–Trinajstić information content (AvgIpc) is 3.13. The molecule has 3 aromatic rings. The van der Waals surface area contributed by atoms with E-state index in [9.17, 15) is 9.50 Å². The van der Waals surface area contributed by atoms with Crippen LogP contribution in [0.3, 0.4) is 0 Å². The van der Waals surface area contributed by atoms with Gasteiger partial charge in [-0.3, -0.25) is 4.90 Å². The highest BCUT2D eigenvalue weighted by Gasteiger charge is 2.24. The first kappa shape index (κ1) is 26.9. The third-order valence-electron chi connectivity index (χ3n) is 5.60. The van der Waals surface area contributed by atoms with E-state index in [1.807, 2.05) is 30.3 Å². The number of unbranched alkanes of at least 4 members (excludes halogenated alkanes) is 1. The average molecular weight is 484 g/mol. The lowest BCUT2D eigenvalue weighted by Crippen LogP contribution is -2.37. The summed E-state index contributed by atoms with van der Waals surface area (Å²) in [4.78, 5) is 2.19. The Morgan fingerprint density at radius 2 is 1.77 bits per heavy atom. The van der Waals surface area contributed by atoms with Gasteiger partial charge in [-0.15, -0.1) is 0 Å². The van der Waals surface area contributed by atoms with E-state index >= 15 is 0 Å². The van der Waals surface area contributed by atoms with Gasteiger partial charge in [0.05, 0.1) is 18.3 Å². The first-order chi connectivity index (χ1) is 16.9. The van der Waals surface area contributed by atoms with E-state index in [2.05, 4.69) is 25.7 Å². The van der Waals surface area contributed by atoms with Gasteiger partial charge in [-0.1, -0.05) is 69.7 Å². The molecule has 1 N–H and O–H groups in total. The van der Waals surface area contributed by atoms with Crippen LogP contribution in [0.2, 0.25) is 0 Å². The first-order valence-electron chi connectivity index (χ1n) is 12.4. The van der Waals surface area contributed by atoms with Crippen LogP contribution in [0, 0.1) is 11.7 Å². The number of para-hydroxylation sites is 1. The number of hydrogen-bond acceptors (Lipinski definition) is 5. The second-order valence-electron chi connectivity index (χ2n) is 9.32. The number of ether oxygens (including phenoxy) is 2. The summed E-state index contributed by atoms with van der Waals surface area (Å²) in [5, 5.41) is 15.4. The summed E-state index contributed by atoms with van der Waals surface area (Å²) in [5.74, 6) is 0.586. The Morgan fingerprint density at radius 3 is 2.46 bits per heavy atom. The van der Waals surface area contributed by atoms with Crippen LogP contribution in [-0.2, 0) is 18.3 Å². The van der Waals surface area contributed by atoms with Crippen molar-refractivity contribution in [3.63, 3.8) is 0 Å². The van der Waals surface area contributed by atoms with E-state index in [0.717, 1.165) is 36.2 Å². The van der Waals surface area contributed by atoms with Crippen molar-refractivity contribution in [2.75, 3.05) is 26.3 Å². The summed E-state index contributed by atoms with van der Waals surface area (Å²) >= 11 is 0. The Kier molecular flexibility index (Phi) is 10.3. The van der Waals surface area contributed by atoms with Crippen LogP contribution in [0.15, 0.2) is 54.6 Å². The number of nitrogens with zero attached hydrogens (tertiary/aromatic N) is 3. The number of aromatic nitrogens is 2. The zero-order valence-corrected chi connectivity index (χ0v) is 21.3. The SMILES string of the molecule is CCCCOC[C@H](O)CN(Cc1c(-c2ccccc2)nn(C)c1Oc1ccccc1F)CC(C)C. The Hall–Kier alpha value is -2.74. The lowest BCUT2D eigenvalue weighted by molar-refractivity contribution is 0.0124. The van der Waals surface area contributed by atoms with Crippen LogP contribution in [0.25, 0.3) is 11.3 Å². The first-order valence-corrected chi connectivity index (χ1v) is 12.4. The molecule has 0 aliphatic carbocycles. The number of benzene rings is 2. The van der Waals surface area contributed by atoms with E-state index in [1.54, 1.807) is 29.9 Å². The normalized spacial score (nSPS) is 12.5. The molecule has 0 aliphatic heterocycles. The molecular weight excluding hydrogens is 445 g/mol. The molecule has 0 aliphatic rings. The molecule has 190 valence electrons. The van der Waals surface area contributed by atoms with E-state index in [1.165, 1.54) is 6.07 Å². The lowest BCUT2D eigenvalue weighted by Gasteiger charge is -2.27. The number of aliphatic hydroxyl groups excluding tert-OH is 1. The zero-order chi connectivity index (χ0) is 25.2. The van der Waals surface area contributed by atoms with E-state index in [0.29, 0.717) is 38.1 Å². The van der Waals surface area contributed by atoms with Crippen molar-refractivity contribution >= 4 is 0 Å². The summed E-state index contributed by atoms with van der Waals surface area (Å²) in [7, 11) is 1.80. The Morgan fingerprint density at radius 1 is 1.06 bits per heavy atom. The summed E-state index contributed by atoms with van der Waals surface area (Å²) in [6, 6.07) is 16.3. The molecule has 1 atom stereocenters. The maximum atomic E-state index is 14.4. The molecule has 0 saturated carbocycles. The van der Waals surface area contributed by atoms with Crippen molar-refractivity contribution in [1.82, 2.24) is 14.7 Å². The molecule has 2 aromatic carbocycles. The van der Waals surface area contributed by atoms with E-state index in [-0.39, 0.29) is 5.75 Å². The van der Waals surface area contributed by atoms with Crippen LogP contribution in [-0.4, -0.2) is 52.2 Å². The minimum Gasteiger partial charge on any atom is -0.436 e. The van der Waals surface area contributed by atoms with Crippen LogP contribution in [0.5, 0.6) is 11.6 Å². The maximum Gasteiger partial charge on any atom is 0.222 e. The van der Waals surface area contributed by atoms with Gasteiger partial charge < -0.3 is 14.6 Å². The van der Waals surface area contributed by atoms with Gasteiger partial charge >= 0.3 is 0 Å². The van der Waals surface area contributed by atoms with Crippen molar-refractivity contribution in [2.45, 2.75) is 46.3 Å². The van der Waals surface area contributed by atoms with Crippen LogP contribution in [0.4, 0.5) is 4.39 Å². The van der Waals surface area contributed by atoms with Crippen molar-refractivity contribution in [2.24, 2.45) is 13.0 Å². The van der Waals surface area contributed by atoms with Crippen molar-refractivity contribution in [3.05, 3.63) is 66.0 Å². The number of hydrogen-bond donors (Lipinski definition) is 1. The third-order valence-corrected chi connectivity index (χ3v) is 5.60. The highest BCUT2D eigenvalue weighted by atomic mass is 19.1. The molecule has 3 rings (SSSR count). The number of aliphatic hydroxyl groups is 1. The second kappa shape index (κ2) is 13.4. The van der Waals surface area contributed by atoms with E-state index < -0.39 is 11.9 Å². The van der Waals surface area contributed by atoms with Crippen molar-refractivity contribution < 1.29 is 19.0 Å². The third kappa shape index (κ3) is 7.88. The quantitative estimate of drug-likeness (QED) is 0.300. The molecule has 0 unspecified atom stereocenters. The molecule has 35 heavy (non-hydrogen) atoms. The Balaban J connectivity index is 1.91. The minimum absolute atomic E-state index is 0.149. The molecule has 7 heteroatoms. The molecule has 0 spiro atoms. The van der Waals surface area contributed by atoms with Crippen LogP contribution in [0.1, 0.15) is 39.2 Å². The predicted molar refractivity (Wildman–Crippen MR) is 137 cm³/mol. The van der Waals surface area contributed by atoms with Gasteiger partial charge in [-0.25, -0.2) is 9.07 Å². The van der Waals surface area contributed by atoms with Gasteiger partial charge in [0.2, 0.25) is 5.88 Å². The standard InChI is InChI=1S/C28H38FN3O3/c1-5-6-16-34-20-23(33)18-32(17-21(2)3)19-24-27(22-12-8-7-9-13-22)30-31(4)28(24)35-26-15-11-10-14-25(26)29/h7-15,21,23,33H,5-6,16-20H2,1-4H3/t23-/m1/s1. The van der Waals surface area contributed by atoms with Crippen molar-refractivity contribution in [1.29, 1.82) is 0 Å². The molecule has 6 nitrogen and oxygen atoms in total. The summed E-state index contributed by atoms with van der Waals surface area (Å²) in [6.45, 7) is 9.08. The molecule has 0 fully saturated rings. The van der Waals surface area contributed by atoms with Gasteiger partial charge in [-0.05, 0) is 24.5 Å².